The lowest BCUT2D eigenvalue weighted by atomic mass is 9.99. The van der Waals surface area contributed by atoms with Gasteiger partial charge in [0.15, 0.2) is 0 Å². The molecule has 3 aromatic carbocycles. The molecule has 0 saturated heterocycles. The molecule has 0 amide bonds. The first-order valence-electron chi connectivity index (χ1n) is 10.7. The van der Waals surface area contributed by atoms with Crippen LogP contribution in [0.25, 0.3) is 10.8 Å². The topological polar surface area (TPSA) is 6.48 Å². The van der Waals surface area contributed by atoms with Crippen LogP contribution in [0.5, 0.6) is 0 Å². The summed E-state index contributed by atoms with van der Waals surface area (Å²) in [6.07, 6.45) is 9.40. The molecule has 0 fully saturated rings. The molecule has 2 nitrogen and oxygen atoms in total. The van der Waals surface area contributed by atoms with E-state index in [0.717, 1.165) is 44.4 Å². The number of benzene rings is 3. The molecule has 33 heavy (non-hydrogen) atoms. The monoisotopic (exact) mass is 428 g/mol. The second-order valence-corrected chi connectivity index (χ2v) is 8.09. The van der Waals surface area contributed by atoms with Crippen molar-refractivity contribution in [3.05, 3.63) is 101 Å². The fraction of sp³-hybridized carbons (Fsp3) is 0.161. The van der Waals surface area contributed by atoms with Crippen molar-refractivity contribution in [2.45, 2.75) is 6.92 Å². The maximum atomic E-state index is 5.54. The van der Waals surface area contributed by atoms with Gasteiger partial charge in [-0.1, -0.05) is 53.9 Å². The third kappa shape index (κ3) is 6.11. The second kappa shape index (κ2) is 10.8. The van der Waals surface area contributed by atoms with Crippen LogP contribution in [0, 0.1) is 36.0 Å². The quantitative estimate of drug-likeness (QED) is 0.391. The highest BCUT2D eigenvalue weighted by Crippen LogP contribution is 2.22. The van der Waals surface area contributed by atoms with Crippen LogP contribution in [0.3, 0.4) is 0 Å². The molecule has 2 heteroatoms. The minimum atomic E-state index is 0.806. The fourth-order valence-corrected chi connectivity index (χ4v) is 3.24. The van der Waals surface area contributed by atoms with E-state index in [1.165, 1.54) is 0 Å². The summed E-state index contributed by atoms with van der Waals surface area (Å²) < 4.78 is 0. The van der Waals surface area contributed by atoms with Gasteiger partial charge in [0.05, 0.1) is 5.70 Å². The van der Waals surface area contributed by atoms with E-state index in [4.69, 9.17) is 6.42 Å². The van der Waals surface area contributed by atoms with Gasteiger partial charge >= 0.3 is 0 Å². The van der Waals surface area contributed by atoms with Crippen molar-refractivity contribution >= 4 is 16.5 Å². The van der Waals surface area contributed by atoms with E-state index in [1.54, 1.807) is 0 Å². The molecule has 0 atom stereocenters. The van der Waals surface area contributed by atoms with Gasteiger partial charge in [-0.3, -0.25) is 0 Å². The van der Waals surface area contributed by atoms with Crippen molar-refractivity contribution in [2.24, 2.45) is 0 Å². The Balaban J connectivity index is 1.93. The number of terminal acetylenes is 1. The lowest BCUT2D eigenvalue weighted by Gasteiger charge is -2.11. The summed E-state index contributed by atoms with van der Waals surface area (Å²) in [5.74, 6) is 15.9. The molecule has 0 saturated carbocycles. The highest BCUT2D eigenvalue weighted by Gasteiger charge is 2.03. The van der Waals surface area contributed by atoms with E-state index >= 15 is 0 Å². The van der Waals surface area contributed by atoms with Crippen LogP contribution in [0.15, 0.2) is 84.1 Å². The Morgan fingerprint density at radius 1 is 0.758 bits per heavy atom. The van der Waals surface area contributed by atoms with Crippen LogP contribution >= 0.6 is 0 Å². The maximum Gasteiger partial charge on any atom is 0.0871 e. The number of nitrogens with zero attached hydrogens (tertiary/aromatic N) is 2. The highest BCUT2D eigenvalue weighted by atomic mass is 15.1. The fourth-order valence-electron chi connectivity index (χ4n) is 3.24. The Hall–Kier alpha value is -4.32. The molecule has 162 valence electrons. The van der Waals surface area contributed by atoms with Crippen molar-refractivity contribution in [1.82, 2.24) is 4.90 Å². The zero-order chi connectivity index (χ0) is 23.8. The Morgan fingerprint density at radius 3 is 1.91 bits per heavy atom. The molecule has 0 radical (unpaired) electrons. The van der Waals surface area contributed by atoms with Gasteiger partial charge in [-0.2, -0.15) is 0 Å². The van der Waals surface area contributed by atoms with E-state index in [9.17, 15) is 0 Å². The normalized spacial score (nSPS) is 11.0. The molecule has 0 aliphatic heterocycles. The van der Waals surface area contributed by atoms with Gasteiger partial charge in [0.2, 0.25) is 0 Å². The molecule has 0 unspecified atom stereocenters. The number of rotatable bonds is 3. The summed E-state index contributed by atoms with van der Waals surface area (Å²) in [5, 5.41) is 2.20. The third-order valence-corrected chi connectivity index (χ3v) is 5.16. The highest BCUT2D eigenvalue weighted by molar-refractivity contribution is 5.93. The summed E-state index contributed by atoms with van der Waals surface area (Å²) >= 11 is 0. The Labute approximate surface area is 198 Å². The number of allylic oxidation sites excluding steroid dienone is 4. The summed E-state index contributed by atoms with van der Waals surface area (Å²) in [6.45, 7) is 1.98. The lowest BCUT2D eigenvalue weighted by molar-refractivity contribution is 0.535. The van der Waals surface area contributed by atoms with Gasteiger partial charge in [0, 0.05) is 50.6 Å². The lowest BCUT2D eigenvalue weighted by Crippen LogP contribution is -2.08. The molecule has 0 aliphatic carbocycles. The molecule has 0 N–H and O–H groups in total. The predicted molar refractivity (Wildman–Crippen MR) is 142 cm³/mol. The summed E-state index contributed by atoms with van der Waals surface area (Å²) in [5.41, 5.74) is 5.87. The zero-order valence-electron chi connectivity index (χ0n) is 19.9. The van der Waals surface area contributed by atoms with E-state index in [1.807, 2.05) is 70.4 Å². The molecule has 0 bridgehead atoms. The van der Waals surface area contributed by atoms with E-state index < -0.39 is 0 Å². The van der Waals surface area contributed by atoms with Crippen molar-refractivity contribution in [2.75, 3.05) is 33.1 Å². The van der Waals surface area contributed by atoms with Crippen LogP contribution in [0.4, 0.5) is 5.69 Å². The summed E-state index contributed by atoms with van der Waals surface area (Å²) in [4.78, 5) is 3.98. The predicted octanol–water partition coefficient (Wildman–Crippen LogP) is 5.68. The number of hydrogen-bond acceptors (Lipinski definition) is 2. The maximum absolute atomic E-state index is 5.54. The smallest absolute Gasteiger partial charge is 0.0871 e. The van der Waals surface area contributed by atoms with Crippen molar-refractivity contribution in [3.63, 3.8) is 0 Å². The van der Waals surface area contributed by atoms with Gasteiger partial charge in [-0.25, -0.2) is 0 Å². The number of hydrogen-bond donors (Lipinski definition) is 0. The Bertz CT molecular complexity index is 1370. The molecule has 0 spiro atoms. The van der Waals surface area contributed by atoms with Gasteiger partial charge in [0.1, 0.15) is 0 Å². The Kier molecular flexibility index (Phi) is 7.65. The first kappa shape index (κ1) is 23.3. The second-order valence-electron chi connectivity index (χ2n) is 8.09. The summed E-state index contributed by atoms with van der Waals surface area (Å²) in [7, 11) is 7.92. The largest absolute Gasteiger partial charge is 0.378 e. The summed E-state index contributed by atoms with van der Waals surface area (Å²) in [6, 6.07) is 20.6. The average molecular weight is 429 g/mol. The van der Waals surface area contributed by atoms with E-state index in [0.29, 0.717) is 0 Å². The van der Waals surface area contributed by atoms with Crippen LogP contribution in [-0.4, -0.2) is 33.1 Å². The standard InChI is InChI=1S/C31H28N2/c1-7-28(32(3)4)21-13-24(2)12-17-26-19-20-27(31-11-9-8-10-30(26)31)18-14-25-15-22-29(23-16-25)33(5)6/h1,8-11,13,15-16,19-23H,2-6H3/b24-13+,28-21+. The van der Waals surface area contributed by atoms with Crippen molar-refractivity contribution in [1.29, 1.82) is 0 Å². The minimum Gasteiger partial charge on any atom is -0.378 e. The molecular formula is C31H28N2. The van der Waals surface area contributed by atoms with Crippen LogP contribution in [-0.2, 0) is 0 Å². The van der Waals surface area contributed by atoms with Gasteiger partial charge in [-0.05, 0) is 71.8 Å². The number of fused-ring (bicyclic) bond motifs is 1. The third-order valence-electron chi connectivity index (χ3n) is 5.16. The Morgan fingerprint density at radius 2 is 1.36 bits per heavy atom. The van der Waals surface area contributed by atoms with E-state index in [2.05, 4.69) is 77.0 Å². The van der Waals surface area contributed by atoms with Crippen LogP contribution in [0.2, 0.25) is 0 Å². The molecule has 0 aliphatic rings. The van der Waals surface area contributed by atoms with Gasteiger partial charge in [0.25, 0.3) is 0 Å². The van der Waals surface area contributed by atoms with Gasteiger partial charge in [-0.15, -0.1) is 6.42 Å². The van der Waals surface area contributed by atoms with Crippen LogP contribution < -0.4 is 4.90 Å². The van der Waals surface area contributed by atoms with Crippen molar-refractivity contribution < 1.29 is 0 Å². The first-order valence-corrected chi connectivity index (χ1v) is 10.7. The zero-order valence-corrected chi connectivity index (χ0v) is 19.9. The average Bonchev–Trinajstić information content (AvgIpc) is 2.82. The molecule has 0 heterocycles. The molecule has 3 rings (SSSR count). The van der Waals surface area contributed by atoms with E-state index in [-0.39, 0.29) is 0 Å². The van der Waals surface area contributed by atoms with Crippen molar-refractivity contribution in [3.8, 4) is 36.0 Å². The molecule has 3 aromatic rings. The molecular weight excluding hydrogens is 400 g/mol. The SMILES string of the molecule is C#C/C(=C\C=C(/C)C#Cc1ccc(C#Cc2ccc(N(C)C)cc2)c2ccccc12)N(C)C. The van der Waals surface area contributed by atoms with Crippen LogP contribution in [0.1, 0.15) is 23.6 Å². The number of anilines is 1. The first-order chi connectivity index (χ1) is 15.9. The minimum absolute atomic E-state index is 0.806. The van der Waals surface area contributed by atoms with Gasteiger partial charge < -0.3 is 9.80 Å². The molecule has 0 aromatic heterocycles.